The molecule has 140 valence electrons. The SMILES string of the molecule is C[C@@H]1COCCN1c1cc(-c2ccccc2)nc(-c2ccnc3[nH]ccc23)n1. The highest BCUT2D eigenvalue weighted by Crippen LogP contribution is 2.30. The Morgan fingerprint density at radius 2 is 2.00 bits per heavy atom. The van der Waals surface area contributed by atoms with Crippen LogP contribution in [-0.2, 0) is 4.74 Å². The molecule has 1 aromatic carbocycles. The van der Waals surface area contributed by atoms with Crippen LogP contribution in [0.2, 0.25) is 0 Å². The van der Waals surface area contributed by atoms with E-state index in [0.717, 1.165) is 40.2 Å². The van der Waals surface area contributed by atoms with Gasteiger partial charge in [0.15, 0.2) is 5.82 Å². The third-order valence-corrected chi connectivity index (χ3v) is 5.15. The molecule has 1 atom stereocenters. The first-order valence-electron chi connectivity index (χ1n) is 9.51. The maximum atomic E-state index is 5.61. The van der Waals surface area contributed by atoms with Crippen molar-refractivity contribution >= 4 is 16.9 Å². The van der Waals surface area contributed by atoms with Crippen LogP contribution < -0.4 is 4.90 Å². The number of nitrogens with zero attached hydrogens (tertiary/aromatic N) is 4. The van der Waals surface area contributed by atoms with Gasteiger partial charge in [-0.05, 0) is 19.1 Å². The zero-order valence-corrected chi connectivity index (χ0v) is 15.7. The number of aromatic amines is 1. The lowest BCUT2D eigenvalue weighted by molar-refractivity contribution is 0.0985. The van der Waals surface area contributed by atoms with Crippen LogP contribution in [0.5, 0.6) is 0 Å². The average molecular weight is 371 g/mol. The fraction of sp³-hybridized carbons (Fsp3) is 0.227. The van der Waals surface area contributed by atoms with Crippen molar-refractivity contribution in [3.8, 4) is 22.6 Å². The van der Waals surface area contributed by atoms with Gasteiger partial charge in [0.05, 0.1) is 24.9 Å². The summed E-state index contributed by atoms with van der Waals surface area (Å²) in [7, 11) is 0. The van der Waals surface area contributed by atoms with Gasteiger partial charge in [0, 0.05) is 41.5 Å². The highest BCUT2D eigenvalue weighted by molar-refractivity contribution is 5.91. The fourth-order valence-electron chi connectivity index (χ4n) is 3.68. The van der Waals surface area contributed by atoms with E-state index >= 15 is 0 Å². The minimum absolute atomic E-state index is 0.268. The monoisotopic (exact) mass is 371 g/mol. The molecule has 0 amide bonds. The Balaban J connectivity index is 1.70. The molecule has 0 bridgehead atoms. The first kappa shape index (κ1) is 16.9. The molecule has 0 radical (unpaired) electrons. The van der Waals surface area contributed by atoms with E-state index in [0.29, 0.717) is 19.0 Å². The van der Waals surface area contributed by atoms with E-state index in [1.54, 1.807) is 6.20 Å². The van der Waals surface area contributed by atoms with Crippen molar-refractivity contribution in [2.24, 2.45) is 0 Å². The minimum Gasteiger partial charge on any atom is -0.377 e. The largest absolute Gasteiger partial charge is 0.377 e. The zero-order valence-electron chi connectivity index (χ0n) is 15.7. The van der Waals surface area contributed by atoms with Crippen molar-refractivity contribution < 1.29 is 4.74 Å². The third-order valence-electron chi connectivity index (χ3n) is 5.15. The molecule has 0 spiro atoms. The van der Waals surface area contributed by atoms with Gasteiger partial charge in [-0.2, -0.15) is 0 Å². The number of benzene rings is 1. The van der Waals surface area contributed by atoms with Gasteiger partial charge in [-0.3, -0.25) is 0 Å². The van der Waals surface area contributed by atoms with E-state index in [1.807, 2.05) is 36.5 Å². The van der Waals surface area contributed by atoms with Crippen molar-refractivity contribution in [2.75, 3.05) is 24.7 Å². The van der Waals surface area contributed by atoms with Gasteiger partial charge in [0.1, 0.15) is 11.5 Å². The molecule has 28 heavy (non-hydrogen) atoms. The van der Waals surface area contributed by atoms with Crippen molar-refractivity contribution in [1.29, 1.82) is 0 Å². The molecule has 1 N–H and O–H groups in total. The molecule has 1 aliphatic heterocycles. The number of morpholine rings is 1. The van der Waals surface area contributed by atoms with Gasteiger partial charge in [0.25, 0.3) is 0 Å². The summed E-state index contributed by atoms with van der Waals surface area (Å²) in [6.45, 7) is 4.40. The number of rotatable bonds is 3. The van der Waals surface area contributed by atoms with Crippen LogP contribution >= 0.6 is 0 Å². The molecule has 4 aromatic rings. The van der Waals surface area contributed by atoms with Crippen molar-refractivity contribution in [3.05, 3.63) is 60.9 Å². The molecule has 0 aliphatic carbocycles. The van der Waals surface area contributed by atoms with Gasteiger partial charge < -0.3 is 14.6 Å². The molecule has 1 fully saturated rings. The topological polar surface area (TPSA) is 66.9 Å². The maximum absolute atomic E-state index is 5.61. The predicted octanol–water partition coefficient (Wildman–Crippen LogP) is 3.91. The lowest BCUT2D eigenvalue weighted by atomic mass is 10.1. The van der Waals surface area contributed by atoms with Crippen molar-refractivity contribution in [2.45, 2.75) is 13.0 Å². The number of aromatic nitrogens is 4. The summed E-state index contributed by atoms with van der Waals surface area (Å²) in [5.41, 5.74) is 3.81. The van der Waals surface area contributed by atoms with E-state index in [1.165, 1.54) is 0 Å². The molecule has 0 unspecified atom stereocenters. The molecule has 6 nitrogen and oxygen atoms in total. The predicted molar refractivity (Wildman–Crippen MR) is 110 cm³/mol. The number of hydrogen-bond donors (Lipinski definition) is 1. The first-order chi connectivity index (χ1) is 13.8. The van der Waals surface area contributed by atoms with Gasteiger partial charge in [-0.25, -0.2) is 15.0 Å². The average Bonchev–Trinajstić information content (AvgIpc) is 3.23. The highest BCUT2D eigenvalue weighted by atomic mass is 16.5. The number of nitrogens with one attached hydrogen (secondary N) is 1. The van der Waals surface area contributed by atoms with Crippen LogP contribution in [0.3, 0.4) is 0 Å². The van der Waals surface area contributed by atoms with Crippen LogP contribution in [0.25, 0.3) is 33.7 Å². The Kier molecular flexibility index (Phi) is 4.25. The quantitative estimate of drug-likeness (QED) is 0.591. The number of hydrogen-bond acceptors (Lipinski definition) is 5. The smallest absolute Gasteiger partial charge is 0.162 e. The lowest BCUT2D eigenvalue weighted by Crippen LogP contribution is -2.44. The number of H-pyrrole nitrogens is 1. The molecular formula is C22H21N5O. The normalized spacial score (nSPS) is 17.2. The van der Waals surface area contributed by atoms with E-state index < -0.39 is 0 Å². The summed E-state index contributed by atoms with van der Waals surface area (Å²) in [5.74, 6) is 1.64. The number of fused-ring (bicyclic) bond motifs is 1. The fourth-order valence-corrected chi connectivity index (χ4v) is 3.68. The number of ether oxygens (including phenoxy) is 1. The summed E-state index contributed by atoms with van der Waals surface area (Å²) >= 11 is 0. The van der Waals surface area contributed by atoms with Crippen molar-refractivity contribution in [1.82, 2.24) is 19.9 Å². The Morgan fingerprint density at radius 1 is 1.11 bits per heavy atom. The van der Waals surface area contributed by atoms with E-state index in [-0.39, 0.29) is 6.04 Å². The van der Waals surface area contributed by atoms with Gasteiger partial charge >= 0.3 is 0 Å². The lowest BCUT2D eigenvalue weighted by Gasteiger charge is -2.34. The van der Waals surface area contributed by atoms with Crippen LogP contribution in [0.4, 0.5) is 5.82 Å². The van der Waals surface area contributed by atoms with Gasteiger partial charge in [-0.1, -0.05) is 30.3 Å². The second kappa shape index (κ2) is 7.05. The van der Waals surface area contributed by atoms with Crippen LogP contribution in [0.1, 0.15) is 6.92 Å². The van der Waals surface area contributed by atoms with E-state index in [4.69, 9.17) is 14.7 Å². The zero-order chi connectivity index (χ0) is 18.9. The third kappa shape index (κ3) is 3.01. The Hall–Kier alpha value is -3.25. The Bertz CT molecular complexity index is 1110. The van der Waals surface area contributed by atoms with Crippen molar-refractivity contribution in [3.63, 3.8) is 0 Å². The molecule has 4 heterocycles. The first-order valence-corrected chi connectivity index (χ1v) is 9.51. The summed E-state index contributed by atoms with van der Waals surface area (Å²) in [6, 6.07) is 16.6. The summed E-state index contributed by atoms with van der Waals surface area (Å²) in [6.07, 6.45) is 3.69. The molecule has 1 saturated heterocycles. The molecule has 1 aliphatic rings. The van der Waals surface area contributed by atoms with Crippen LogP contribution in [0.15, 0.2) is 60.9 Å². The Labute approximate surface area is 163 Å². The standard InChI is InChI=1S/C22H21N5O/c1-15-14-28-12-11-27(15)20-13-19(16-5-3-2-4-6-16)25-22(26-20)18-8-10-24-21-17(18)7-9-23-21/h2-10,13,15H,11-12,14H2,1H3,(H,23,24)/t15-/m1/s1. The maximum Gasteiger partial charge on any atom is 0.162 e. The number of anilines is 1. The molecule has 5 rings (SSSR count). The second-order valence-corrected chi connectivity index (χ2v) is 7.02. The molecule has 3 aromatic heterocycles. The van der Waals surface area contributed by atoms with Crippen LogP contribution in [-0.4, -0.2) is 45.7 Å². The summed E-state index contributed by atoms with van der Waals surface area (Å²) < 4.78 is 5.61. The summed E-state index contributed by atoms with van der Waals surface area (Å²) in [4.78, 5) is 19.7. The van der Waals surface area contributed by atoms with E-state index in [9.17, 15) is 0 Å². The molecular weight excluding hydrogens is 350 g/mol. The van der Waals surface area contributed by atoms with Gasteiger partial charge in [-0.15, -0.1) is 0 Å². The number of pyridine rings is 1. The minimum atomic E-state index is 0.268. The van der Waals surface area contributed by atoms with E-state index in [2.05, 4.69) is 40.0 Å². The molecule has 0 saturated carbocycles. The Morgan fingerprint density at radius 3 is 2.86 bits per heavy atom. The van der Waals surface area contributed by atoms with Crippen LogP contribution in [0, 0.1) is 0 Å². The molecule has 6 heteroatoms. The highest BCUT2D eigenvalue weighted by Gasteiger charge is 2.22. The van der Waals surface area contributed by atoms with Gasteiger partial charge in [0.2, 0.25) is 0 Å². The summed E-state index contributed by atoms with van der Waals surface area (Å²) in [5, 5.41) is 1.02. The second-order valence-electron chi connectivity index (χ2n) is 7.02.